The van der Waals surface area contributed by atoms with Crippen LogP contribution in [0.4, 0.5) is 13.2 Å². The number of pyridine rings is 1. The van der Waals surface area contributed by atoms with Gasteiger partial charge >= 0.3 is 6.18 Å². The number of thioether (sulfide) groups is 1. The van der Waals surface area contributed by atoms with Gasteiger partial charge in [-0.25, -0.2) is 4.98 Å². The Morgan fingerprint density at radius 3 is 2.50 bits per heavy atom. The number of alkyl halides is 3. The highest BCUT2D eigenvalue weighted by Crippen LogP contribution is 2.29. The van der Waals surface area contributed by atoms with Crippen LogP contribution >= 0.6 is 11.8 Å². The van der Waals surface area contributed by atoms with Gasteiger partial charge in [-0.1, -0.05) is 6.92 Å². The van der Waals surface area contributed by atoms with Gasteiger partial charge in [0.25, 0.3) is 0 Å². The zero-order valence-corrected chi connectivity index (χ0v) is 12.1. The molecule has 0 aliphatic rings. The lowest BCUT2D eigenvalue weighted by Gasteiger charge is -2.24. The van der Waals surface area contributed by atoms with Crippen LogP contribution in [0.5, 0.6) is 0 Å². The molecule has 1 atom stereocenters. The van der Waals surface area contributed by atoms with Gasteiger partial charge in [0.2, 0.25) is 0 Å². The van der Waals surface area contributed by atoms with Crippen molar-refractivity contribution in [1.82, 2.24) is 4.98 Å². The summed E-state index contributed by atoms with van der Waals surface area (Å²) in [7, 11) is 0. The average Bonchev–Trinajstić information content (AvgIpc) is 2.43. The number of rotatable bonds is 7. The fraction of sp³-hybridized carbons (Fsp3) is 0.615. The molecule has 1 rings (SSSR count). The monoisotopic (exact) mass is 308 g/mol. The van der Waals surface area contributed by atoms with Crippen LogP contribution in [-0.4, -0.2) is 28.0 Å². The SMILES string of the molecule is CCC(O)(CN)CCCSc1ccc(C(F)(F)F)cn1. The number of hydrogen-bond donors (Lipinski definition) is 2. The summed E-state index contributed by atoms with van der Waals surface area (Å²) in [5.74, 6) is 0.681. The van der Waals surface area contributed by atoms with E-state index in [0.29, 0.717) is 23.6 Å². The third-order valence-electron chi connectivity index (χ3n) is 3.14. The molecule has 114 valence electrons. The number of aliphatic hydroxyl groups is 1. The van der Waals surface area contributed by atoms with Gasteiger partial charge in [0.1, 0.15) is 0 Å². The van der Waals surface area contributed by atoms with Crippen molar-refractivity contribution >= 4 is 11.8 Å². The summed E-state index contributed by atoms with van der Waals surface area (Å²) in [5, 5.41) is 10.5. The topological polar surface area (TPSA) is 59.1 Å². The first kappa shape index (κ1) is 17.3. The summed E-state index contributed by atoms with van der Waals surface area (Å²) < 4.78 is 37.0. The molecule has 1 aromatic heterocycles. The maximum Gasteiger partial charge on any atom is 0.417 e. The number of nitrogens with two attached hydrogens (primary N) is 1. The van der Waals surface area contributed by atoms with Gasteiger partial charge in [0.15, 0.2) is 0 Å². The molecule has 0 fully saturated rings. The van der Waals surface area contributed by atoms with E-state index in [2.05, 4.69) is 4.98 Å². The van der Waals surface area contributed by atoms with E-state index in [1.54, 1.807) is 0 Å². The van der Waals surface area contributed by atoms with Crippen LogP contribution in [0.1, 0.15) is 31.7 Å². The minimum absolute atomic E-state index is 0.215. The molecule has 1 unspecified atom stereocenters. The fourth-order valence-corrected chi connectivity index (χ4v) is 2.42. The molecule has 1 aromatic rings. The molecule has 3 nitrogen and oxygen atoms in total. The Balaban J connectivity index is 2.40. The highest BCUT2D eigenvalue weighted by Gasteiger charge is 2.30. The van der Waals surface area contributed by atoms with Crippen molar-refractivity contribution in [1.29, 1.82) is 0 Å². The predicted molar refractivity (Wildman–Crippen MR) is 73.5 cm³/mol. The lowest BCUT2D eigenvalue weighted by atomic mass is 9.95. The molecule has 1 heterocycles. The van der Waals surface area contributed by atoms with E-state index in [1.807, 2.05) is 6.92 Å². The van der Waals surface area contributed by atoms with Crippen LogP contribution in [0.15, 0.2) is 23.4 Å². The molecule has 0 radical (unpaired) electrons. The van der Waals surface area contributed by atoms with Crippen molar-refractivity contribution in [2.45, 2.75) is 43.0 Å². The molecular weight excluding hydrogens is 289 g/mol. The third-order valence-corrected chi connectivity index (χ3v) is 4.17. The van der Waals surface area contributed by atoms with Gasteiger partial charge in [-0.05, 0) is 37.1 Å². The Labute approximate surface area is 120 Å². The van der Waals surface area contributed by atoms with E-state index < -0.39 is 17.3 Å². The first-order valence-electron chi connectivity index (χ1n) is 6.39. The van der Waals surface area contributed by atoms with E-state index in [1.165, 1.54) is 17.8 Å². The Bertz CT molecular complexity index is 405. The van der Waals surface area contributed by atoms with Crippen molar-refractivity contribution in [3.05, 3.63) is 23.9 Å². The minimum Gasteiger partial charge on any atom is -0.389 e. The van der Waals surface area contributed by atoms with Crippen LogP contribution in [0.25, 0.3) is 0 Å². The van der Waals surface area contributed by atoms with Crippen molar-refractivity contribution in [3.8, 4) is 0 Å². The average molecular weight is 308 g/mol. The second kappa shape index (κ2) is 7.28. The standard InChI is InChI=1S/C13H19F3N2OS/c1-2-12(19,9-17)6-3-7-20-11-5-4-10(8-18-11)13(14,15)16/h4-5,8,19H,2-3,6-7,9,17H2,1H3. The normalized spacial score (nSPS) is 15.1. The molecule has 3 N–H and O–H groups in total. The fourth-order valence-electron chi connectivity index (χ4n) is 1.63. The number of hydrogen-bond acceptors (Lipinski definition) is 4. The minimum atomic E-state index is -4.35. The summed E-state index contributed by atoms with van der Waals surface area (Å²) in [6.45, 7) is 2.09. The van der Waals surface area contributed by atoms with Crippen LogP contribution < -0.4 is 5.73 Å². The zero-order valence-electron chi connectivity index (χ0n) is 11.3. The molecular formula is C13H19F3N2OS. The Kier molecular flexibility index (Phi) is 6.29. The molecule has 0 aliphatic carbocycles. The van der Waals surface area contributed by atoms with Crippen molar-refractivity contribution in [2.75, 3.05) is 12.3 Å². The molecule has 20 heavy (non-hydrogen) atoms. The van der Waals surface area contributed by atoms with Crippen LogP contribution in [0, 0.1) is 0 Å². The van der Waals surface area contributed by atoms with E-state index >= 15 is 0 Å². The first-order valence-corrected chi connectivity index (χ1v) is 7.38. The second-order valence-electron chi connectivity index (χ2n) is 4.62. The highest BCUT2D eigenvalue weighted by molar-refractivity contribution is 7.99. The van der Waals surface area contributed by atoms with Crippen molar-refractivity contribution in [3.63, 3.8) is 0 Å². The van der Waals surface area contributed by atoms with E-state index in [4.69, 9.17) is 5.73 Å². The van der Waals surface area contributed by atoms with Gasteiger partial charge in [-0.2, -0.15) is 13.2 Å². The molecule has 0 amide bonds. The summed E-state index contributed by atoms with van der Waals surface area (Å²) in [4.78, 5) is 3.78. The highest BCUT2D eigenvalue weighted by atomic mass is 32.2. The van der Waals surface area contributed by atoms with Crippen LogP contribution in [0.2, 0.25) is 0 Å². The van der Waals surface area contributed by atoms with Gasteiger partial charge < -0.3 is 10.8 Å². The Morgan fingerprint density at radius 2 is 2.05 bits per heavy atom. The molecule has 0 saturated heterocycles. The molecule has 0 spiro atoms. The van der Waals surface area contributed by atoms with Crippen molar-refractivity contribution < 1.29 is 18.3 Å². The van der Waals surface area contributed by atoms with Gasteiger partial charge in [0.05, 0.1) is 16.2 Å². The van der Waals surface area contributed by atoms with E-state index in [9.17, 15) is 18.3 Å². The maximum absolute atomic E-state index is 12.3. The Morgan fingerprint density at radius 1 is 1.35 bits per heavy atom. The summed E-state index contributed by atoms with van der Waals surface area (Å²) in [5.41, 5.74) is 3.91. The van der Waals surface area contributed by atoms with Gasteiger partial charge in [-0.3, -0.25) is 0 Å². The molecule has 0 saturated carbocycles. The zero-order chi connectivity index (χ0) is 15.2. The lowest BCUT2D eigenvalue weighted by Crippen LogP contribution is -2.36. The lowest BCUT2D eigenvalue weighted by molar-refractivity contribution is -0.137. The molecule has 0 aromatic carbocycles. The van der Waals surface area contributed by atoms with E-state index in [-0.39, 0.29) is 6.54 Å². The van der Waals surface area contributed by atoms with Gasteiger partial charge in [0, 0.05) is 12.7 Å². The Hall–Kier alpha value is -0.790. The number of nitrogens with zero attached hydrogens (tertiary/aromatic N) is 1. The maximum atomic E-state index is 12.3. The predicted octanol–water partition coefficient (Wildman–Crippen LogP) is 3.07. The number of aromatic nitrogens is 1. The van der Waals surface area contributed by atoms with Crippen LogP contribution in [0.3, 0.4) is 0 Å². The smallest absolute Gasteiger partial charge is 0.389 e. The largest absolute Gasteiger partial charge is 0.417 e. The third kappa shape index (κ3) is 5.30. The molecule has 0 bridgehead atoms. The summed E-state index contributed by atoms with van der Waals surface area (Å²) in [6, 6.07) is 2.39. The molecule has 0 aliphatic heterocycles. The van der Waals surface area contributed by atoms with Crippen LogP contribution in [-0.2, 0) is 6.18 Å². The molecule has 7 heteroatoms. The van der Waals surface area contributed by atoms with E-state index in [0.717, 1.165) is 18.7 Å². The second-order valence-corrected chi connectivity index (χ2v) is 5.73. The summed E-state index contributed by atoms with van der Waals surface area (Å²) >= 11 is 1.37. The number of halogens is 3. The first-order chi connectivity index (χ1) is 9.30. The quantitative estimate of drug-likeness (QED) is 0.600. The summed E-state index contributed by atoms with van der Waals surface area (Å²) in [6.07, 6.45) is -1.62. The van der Waals surface area contributed by atoms with Crippen molar-refractivity contribution in [2.24, 2.45) is 5.73 Å². The van der Waals surface area contributed by atoms with Gasteiger partial charge in [-0.15, -0.1) is 11.8 Å².